The van der Waals surface area contributed by atoms with Gasteiger partial charge in [-0.15, -0.1) is 0 Å². The molecule has 1 aromatic rings. The summed E-state index contributed by atoms with van der Waals surface area (Å²) in [5, 5.41) is 31.2. The van der Waals surface area contributed by atoms with Crippen molar-refractivity contribution in [3.05, 3.63) is 17.7 Å². The SMILES string of the molecule is Oc1ccc([C@@H](N2CCNCC2)C(F)(F)F)c(O)c1O. The fourth-order valence-electron chi connectivity index (χ4n) is 2.33. The van der Waals surface area contributed by atoms with E-state index in [1.165, 1.54) is 4.90 Å². The van der Waals surface area contributed by atoms with Crippen molar-refractivity contribution in [2.75, 3.05) is 26.2 Å². The molecule has 1 aromatic carbocycles. The quantitative estimate of drug-likeness (QED) is 0.618. The fourth-order valence-corrected chi connectivity index (χ4v) is 2.33. The predicted molar refractivity (Wildman–Crippen MR) is 64.7 cm³/mol. The van der Waals surface area contributed by atoms with Crippen LogP contribution in [0.3, 0.4) is 0 Å². The second-order valence-corrected chi connectivity index (χ2v) is 4.60. The Labute approximate surface area is 113 Å². The van der Waals surface area contributed by atoms with Crippen molar-refractivity contribution in [2.24, 2.45) is 0 Å². The van der Waals surface area contributed by atoms with Crippen LogP contribution in [0.5, 0.6) is 17.2 Å². The molecule has 1 heterocycles. The molecule has 2 rings (SSSR count). The minimum Gasteiger partial charge on any atom is -0.504 e. The van der Waals surface area contributed by atoms with Crippen molar-refractivity contribution in [3.63, 3.8) is 0 Å². The molecule has 0 saturated carbocycles. The summed E-state index contributed by atoms with van der Waals surface area (Å²) in [6, 6.07) is -0.105. The molecule has 0 amide bonds. The maximum absolute atomic E-state index is 13.3. The summed E-state index contributed by atoms with van der Waals surface area (Å²) >= 11 is 0. The molecule has 112 valence electrons. The maximum Gasteiger partial charge on any atom is 0.408 e. The number of nitrogens with zero attached hydrogens (tertiary/aromatic N) is 1. The first-order valence-electron chi connectivity index (χ1n) is 6.07. The Kier molecular flexibility index (Phi) is 3.96. The highest BCUT2D eigenvalue weighted by Crippen LogP contribution is 2.46. The van der Waals surface area contributed by atoms with E-state index < -0.39 is 35.0 Å². The van der Waals surface area contributed by atoms with E-state index in [1.54, 1.807) is 0 Å². The van der Waals surface area contributed by atoms with Gasteiger partial charge in [-0.05, 0) is 12.1 Å². The third-order valence-corrected chi connectivity index (χ3v) is 3.28. The van der Waals surface area contributed by atoms with Gasteiger partial charge in [0.25, 0.3) is 0 Å². The molecule has 1 saturated heterocycles. The molecule has 0 aromatic heterocycles. The fraction of sp³-hybridized carbons (Fsp3) is 0.500. The monoisotopic (exact) mass is 292 g/mol. The minimum absolute atomic E-state index is 0.172. The average molecular weight is 292 g/mol. The van der Waals surface area contributed by atoms with Gasteiger partial charge in [0.15, 0.2) is 11.5 Å². The van der Waals surface area contributed by atoms with E-state index in [0.717, 1.165) is 12.1 Å². The van der Waals surface area contributed by atoms with E-state index >= 15 is 0 Å². The van der Waals surface area contributed by atoms with Crippen LogP contribution in [0.15, 0.2) is 12.1 Å². The Morgan fingerprint density at radius 2 is 1.65 bits per heavy atom. The second kappa shape index (κ2) is 5.37. The molecule has 0 bridgehead atoms. The molecule has 1 fully saturated rings. The van der Waals surface area contributed by atoms with E-state index in [2.05, 4.69) is 5.32 Å². The number of phenolic OH excluding ortho intramolecular Hbond substituents is 3. The lowest BCUT2D eigenvalue weighted by Crippen LogP contribution is -2.49. The highest BCUT2D eigenvalue weighted by Gasteiger charge is 2.46. The lowest BCUT2D eigenvalue weighted by Gasteiger charge is -2.36. The molecule has 0 spiro atoms. The van der Waals surface area contributed by atoms with Crippen LogP contribution in [-0.2, 0) is 0 Å². The smallest absolute Gasteiger partial charge is 0.408 e. The number of benzene rings is 1. The highest BCUT2D eigenvalue weighted by atomic mass is 19.4. The van der Waals surface area contributed by atoms with Gasteiger partial charge in [0.2, 0.25) is 5.75 Å². The Bertz CT molecular complexity index is 488. The van der Waals surface area contributed by atoms with Crippen LogP contribution in [0.25, 0.3) is 0 Å². The first kappa shape index (κ1) is 14.7. The van der Waals surface area contributed by atoms with Crippen molar-refractivity contribution in [2.45, 2.75) is 12.2 Å². The Hall–Kier alpha value is -1.67. The number of alkyl halides is 3. The molecular formula is C12H15F3N2O3. The van der Waals surface area contributed by atoms with Crippen molar-refractivity contribution in [3.8, 4) is 17.2 Å². The van der Waals surface area contributed by atoms with Crippen LogP contribution >= 0.6 is 0 Å². The van der Waals surface area contributed by atoms with Gasteiger partial charge in [0.05, 0.1) is 0 Å². The van der Waals surface area contributed by atoms with Crippen molar-refractivity contribution >= 4 is 0 Å². The van der Waals surface area contributed by atoms with Gasteiger partial charge >= 0.3 is 6.18 Å². The Balaban J connectivity index is 2.44. The van der Waals surface area contributed by atoms with Crippen LogP contribution in [0, 0.1) is 0 Å². The van der Waals surface area contributed by atoms with Gasteiger partial charge in [0, 0.05) is 31.7 Å². The summed E-state index contributed by atoms with van der Waals surface area (Å²) in [7, 11) is 0. The van der Waals surface area contributed by atoms with Crippen molar-refractivity contribution < 1.29 is 28.5 Å². The van der Waals surface area contributed by atoms with E-state index in [1.807, 2.05) is 0 Å². The number of hydrogen-bond donors (Lipinski definition) is 4. The number of piperazine rings is 1. The number of rotatable bonds is 2. The average Bonchev–Trinajstić information content (AvgIpc) is 2.39. The van der Waals surface area contributed by atoms with E-state index in [9.17, 15) is 28.5 Å². The van der Waals surface area contributed by atoms with Gasteiger partial charge in [-0.25, -0.2) is 0 Å². The summed E-state index contributed by atoms with van der Waals surface area (Å²) in [6.07, 6.45) is -4.60. The van der Waals surface area contributed by atoms with Crippen LogP contribution in [-0.4, -0.2) is 52.6 Å². The lowest BCUT2D eigenvalue weighted by molar-refractivity contribution is -0.188. The van der Waals surface area contributed by atoms with Gasteiger partial charge in [-0.3, -0.25) is 4.90 Å². The summed E-state index contributed by atoms with van der Waals surface area (Å²) in [5.74, 6) is -2.54. The van der Waals surface area contributed by atoms with E-state index in [0.29, 0.717) is 13.1 Å². The minimum atomic E-state index is -4.60. The third kappa shape index (κ3) is 2.75. The van der Waals surface area contributed by atoms with Gasteiger partial charge < -0.3 is 20.6 Å². The molecule has 4 N–H and O–H groups in total. The zero-order valence-corrected chi connectivity index (χ0v) is 10.5. The predicted octanol–water partition coefficient (Wildman–Crippen LogP) is 1.31. The highest BCUT2D eigenvalue weighted by molar-refractivity contribution is 5.54. The summed E-state index contributed by atoms with van der Waals surface area (Å²) in [5.41, 5.74) is -0.463. The Morgan fingerprint density at radius 3 is 2.20 bits per heavy atom. The number of phenols is 3. The molecular weight excluding hydrogens is 277 g/mol. The molecule has 1 atom stereocenters. The molecule has 1 aliphatic heterocycles. The lowest BCUT2D eigenvalue weighted by atomic mass is 10.0. The Morgan fingerprint density at radius 1 is 1.05 bits per heavy atom. The first-order chi connectivity index (χ1) is 9.32. The number of nitrogens with one attached hydrogen (secondary N) is 1. The van der Waals surface area contributed by atoms with Gasteiger partial charge in [-0.2, -0.15) is 13.2 Å². The van der Waals surface area contributed by atoms with Crippen LogP contribution < -0.4 is 5.32 Å². The van der Waals surface area contributed by atoms with E-state index in [-0.39, 0.29) is 13.1 Å². The van der Waals surface area contributed by atoms with E-state index in [4.69, 9.17) is 0 Å². The molecule has 0 unspecified atom stereocenters. The molecule has 0 radical (unpaired) electrons. The van der Waals surface area contributed by atoms with Crippen molar-refractivity contribution in [1.29, 1.82) is 0 Å². The summed E-state index contributed by atoms with van der Waals surface area (Å²) < 4.78 is 39.9. The zero-order chi connectivity index (χ0) is 14.9. The van der Waals surface area contributed by atoms with Crippen LogP contribution in [0.1, 0.15) is 11.6 Å². The molecule has 1 aliphatic rings. The summed E-state index contributed by atoms with van der Waals surface area (Å²) in [6.45, 7) is 1.17. The molecule has 8 heteroatoms. The zero-order valence-electron chi connectivity index (χ0n) is 10.5. The largest absolute Gasteiger partial charge is 0.504 e. The summed E-state index contributed by atoms with van der Waals surface area (Å²) in [4.78, 5) is 1.18. The third-order valence-electron chi connectivity index (χ3n) is 3.28. The molecule has 20 heavy (non-hydrogen) atoms. The number of hydrogen-bond acceptors (Lipinski definition) is 5. The molecule has 0 aliphatic carbocycles. The second-order valence-electron chi connectivity index (χ2n) is 4.60. The molecule has 5 nitrogen and oxygen atoms in total. The number of halogens is 3. The van der Waals surface area contributed by atoms with Crippen LogP contribution in [0.4, 0.5) is 13.2 Å². The standard InChI is InChI=1S/C12H15F3N2O3/c13-12(14,15)11(17-5-3-16-4-6-17)7-1-2-8(18)10(20)9(7)19/h1-2,11,16,18-20H,3-6H2/t11-/m1/s1. The maximum atomic E-state index is 13.3. The van der Waals surface area contributed by atoms with Gasteiger partial charge in [0.1, 0.15) is 6.04 Å². The van der Waals surface area contributed by atoms with Crippen molar-refractivity contribution in [1.82, 2.24) is 10.2 Å². The normalized spacial score (nSPS) is 18.9. The number of aromatic hydroxyl groups is 3. The van der Waals surface area contributed by atoms with Gasteiger partial charge in [-0.1, -0.05) is 0 Å². The topological polar surface area (TPSA) is 76.0 Å². The first-order valence-corrected chi connectivity index (χ1v) is 6.07. The van der Waals surface area contributed by atoms with Crippen LogP contribution in [0.2, 0.25) is 0 Å².